The molecule has 0 aliphatic rings. The van der Waals surface area contributed by atoms with Gasteiger partial charge in [0.05, 0.1) is 19.4 Å². The average molecular weight is 283 g/mol. The van der Waals surface area contributed by atoms with E-state index in [2.05, 4.69) is 22.2 Å². The molecule has 0 aliphatic carbocycles. The molecule has 3 aromatic rings. The van der Waals surface area contributed by atoms with E-state index in [1.807, 2.05) is 30.3 Å². The Kier molecular flexibility index (Phi) is 4.12. The Balaban J connectivity index is 1.91. The van der Waals surface area contributed by atoms with Gasteiger partial charge in [-0.15, -0.1) is 0 Å². The molecule has 21 heavy (non-hydrogen) atoms. The maximum absolute atomic E-state index is 9.09. The predicted molar refractivity (Wildman–Crippen MR) is 77.8 cm³/mol. The normalized spacial score (nSPS) is 12.4. The molecule has 1 N–H and O–H groups in total. The minimum absolute atomic E-state index is 0.0487. The standard InChI is InChI=1S/C16H17N3O2/c20-9-8-19-16(17-12-18-19)11-14(15-7-4-10-21-15)13-5-2-1-3-6-13/h1-7,10,12,14,20H,8-9,11H2. The Morgan fingerprint density at radius 2 is 2.00 bits per heavy atom. The number of furan rings is 1. The minimum atomic E-state index is 0.0487. The zero-order valence-corrected chi connectivity index (χ0v) is 11.6. The maximum Gasteiger partial charge on any atom is 0.138 e. The van der Waals surface area contributed by atoms with Gasteiger partial charge in [-0.25, -0.2) is 9.67 Å². The van der Waals surface area contributed by atoms with Gasteiger partial charge in [-0.05, 0) is 17.7 Å². The molecule has 0 amide bonds. The SMILES string of the molecule is OCCn1ncnc1CC(c1ccccc1)c1ccco1. The average Bonchev–Trinajstić information content (AvgIpc) is 3.18. The largest absolute Gasteiger partial charge is 0.469 e. The third kappa shape index (κ3) is 3.03. The number of rotatable bonds is 6. The van der Waals surface area contributed by atoms with E-state index >= 15 is 0 Å². The summed E-state index contributed by atoms with van der Waals surface area (Å²) in [7, 11) is 0. The summed E-state index contributed by atoms with van der Waals surface area (Å²) in [6.45, 7) is 0.502. The van der Waals surface area contributed by atoms with Gasteiger partial charge in [-0.2, -0.15) is 5.10 Å². The van der Waals surface area contributed by atoms with Crippen molar-refractivity contribution in [3.05, 3.63) is 72.2 Å². The first-order chi connectivity index (χ1) is 10.4. The summed E-state index contributed by atoms with van der Waals surface area (Å²) in [6, 6.07) is 14.1. The molecule has 5 heteroatoms. The van der Waals surface area contributed by atoms with Crippen LogP contribution < -0.4 is 0 Å². The molecular weight excluding hydrogens is 266 g/mol. The second-order valence-electron chi connectivity index (χ2n) is 4.81. The predicted octanol–water partition coefficient (Wildman–Crippen LogP) is 2.24. The zero-order chi connectivity index (χ0) is 14.5. The molecule has 2 aromatic heterocycles. The monoisotopic (exact) mass is 283 g/mol. The van der Waals surface area contributed by atoms with E-state index in [1.54, 1.807) is 10.9 Å². The van der Waals surface area contributed by atoms with E-state index in [-0.39, 0.29) is 12.5 Å². The van der Waals surface area contributed by atoms with Crippen molar-refractivity contribution in [1.82, 2.24) is 14.8 Å². The van der Waals surface area contributed by atoms with Crippen LogP contribution in [0, 0.1) is 0 Å². The summed E-state index contributed by atoms with van der Waals surface area (Å²) in [5, 5.41) is 13.2. The first-order valence-corrected chi connectivity index (χ1v) is 6.94. The summed E-state index contributed by atoms with van der Waals surface area (Å²) < 4.78 is 7.33. The van der Waals surface area contributed by atoms with Crippen LogP contribution in [-0.2, 0) is 13.0 Å². The third-order valence-electron chi connectivity index (χ3n) is 3.48. The van der Waals surface area contributed by atoms with Crippen LogP contribution in [0.3, 0.4) is 0 Å². The highest BCUT2D eigenvalue weighted by Gasteiger charge is 2.20. The zero-order valence-electron chi connectivity index (χ0n) is 11.6. The summed E-state index contributed by atoms with van der Waals surface area (Å²) in [5.74, 6) is 1.83. The molecule has 0 fully saturated rings. The topological polar surface area (TPSA) is 64.1 Å². The van der Waals surface area contributed by atoms with Crippen molar-refractivity contribution < 1.29 is 9.52 Å². The quantitative estimate of drug-likeness (QED) is 0.753. The number of hydrogen-bond donors (Lipinski definition) is 1. The highest BCUT2D eigenvalue weighted by Crippen LogP contribution is 2.28. The molecule has 0 saturated heterocycles. The Bertz CT molecular complexity index is 662. The third-order valence-corrected chi connectivity index (χ3v) is 3.48. The van der Waals surface area contributed by atoms with Crippen molar-refractivity contribution in [2.75, 3.05) is 6.61 Å². The summed E-state index contributed by atoms with van der Waals surface area (Å²) in [5.41, 5.74) is 1.17. The van der Waals surface area contributed by atoms with Gasteiger partial charge in [0.1, 0.15) is 17.9 Å². The van der Waals surface area contributed by atoms with Gasteiger partial charge in [0, 0.05) is 12.3 Å². The Labute approximate surface area is 122 Å². The van der Waals surface area contributed by atoms with Crippen LogP contribution in [0.25, 0.3) is 0 Å². The van der Waals surface area contributed by atoms with E-state index in [9.17, 15) is 0 Å². The summed E-state index contributed by atoms with van der Waals surface area (Å²) >= 11 is 0. The number of hydrogen-bond acceptors (Lipinski definition) is 4. The Morgan fingerprint density at radius 1 is 1.14 bits per heavy atom. The molecule has 0 bridgehead atoms. The fourth-order valence-electron chi connectivity index (χ4n) is 2.47. The first kappa shape index (κ1) is 13.6. The minimum Gasteiger partial charge on any atom is -0.469 e. The number of nitrogens with zero attached hydrogens (tertiary/aromatic N) is 3. The van der Waals surface area contributed by atoms with Crippen LogP contribution in [-0.4, -0.2) is 26.5 Å². The maximum atomic E-state index is 9.09. The van der Waals surface area contributed by atoms with Crippen molar-refractivity contribution in [2.24, 2.45) is 0 Å². The van der Waals surface area contributed by atoms with Crippen molar-refractivity contribution in [3.8, 4) is 0 Å². The number of aliphatic hydroxyl groups is 1. The van der Waals surface area contributed by atoms with Crippen LogP contribution in [0.15, 0.2) is 59.5 Å². The molecular formula is C16H17N3O2. The van der Waals surface area contributed by atoms with Crippen molar-refractivity contribution in [1.29, 1.82) is 0 Å². The number of aromatic nitrogens is 3. The number of benzene rings is 1. The lowest BCUT2D eigenvalue weighted by atomic mass is 9.93. The molecule has 0 radical (unpaired) electrons. The van der Waals surface area contributed by atoms with Crippen molar-refractivity contribution in [2.45, 2.75) is 18.9 Å². The summed E-state index contributed by atoms with van der Waals surface area (Å²) in [6.07, 6.45) is 3.89. The van der Waals surface area contributed by atoms with Crippen LogP contribution in [0.4, 0.5) is 0 Å². The number of aliphatic hydroxyl groups excluding tert-OH is 1. The van der Waals surface area contributed by atoms with E-state index in [4.69, 9.17) is 9.52 Å². The highest BCUT2D eigenvalue weighted by atomic mass is 16.3. The lowest BCUT2D eigenvalue weighted by Crippen LogP contribution is -2.13. The fraction of sp³-hybridized carbons (Fsp3) is 0.250. The molecule has 0 aliphatic heterocycles. The van der Waals surface area contributed by atoms with Crippen molar-refractivity contribution >= 4 is 0 Å². The molecule has 1 atom stereocenters. The smallest absolute Gasteiger partial charge is 0.138 e. The van der Waals surface area contributed by atoms with Crippen LogP contribution >= 0.6 is 0 Å². The molecule has 0 saturated carbocycles. The lowest BCUT2D eigenvalue weighted by Gasteiger charge is -2.15. The molecule has 108 valence electrons. The second-order valence-corrected chi connectivity index (χ2v) is 4.81. The fourth-order valence-corrected chi connectivity index (χ4v) is 2.47. The molecule has 0 spiro atoms. The lowest BCUT2D eigenvalue weighted by molar-refractivity contribution is 0.266. The first-order valence-electron chi connectivity index (χ1n) is 6.94. The summed E-state index contributed by atoms with van der Waals surface area (Å²) in [4.78, 5) is 4.31. The Hall–Kier alpha value is -2.40. The molecule has 5 nitrogen and oxygen atoms in total. The van der Waals surface area contributed by atoms with Crippen LogP contribution in [0.5, 0.6) is 0 Å². The van der Waals surface area contributed by atoms with Gasteiger partial charge in [0.15, 0.2) is 0 Å². The Morgan fingerprint density at radius 3 is 2.71 bits per heavy atom. The van der Waals surface area contributed by atoms with Gasteiger partial charge in [0.25, 0.3) is 0 Å². The van der Waals surface area contributed by atoms with Gasteiger partial charge in [-0.1, -0.05) is 30.3 Å². The van der Waals surface area contributed by atoms with E-state index in [0.717, 1.165) is 11.6 Å². The molecule has 2 heterocycles. The molecule has 1 aromatic carbocycles. The van der Waals surface area contributed by atoms with Crippen LogP contribution in [0.2, 0.25) is 0 Å². The van der Waals surface area contributed by atoms with Gasteiger partial charge < -0.3 is 9.52 Å². The molecule has 1 unspecified atom stereocenters. The van der Waals surface area contributed by atoms with Crippen LogP contribution in [0.1, 0.15) is 23.1 Å². The van der Waals surface area contributed by atoms with Gasteiger partial charge in [0.2, 0.25) is 0 Å². The second kappa shape index (κ2) is 6.37. The van der Waals surface area contributed by atoms with Crippen molar-refractivity contribution in [3.63, 3.8) is 0 Å². The van der Waals surface area contributed by atoms with Gasteiger partial charge >= 0.3 is 0 Å². The molecule has 3 rings (SSSR count). The van der Waals surface area contributed by atoms with E-state index < -0.39 is 0 Å². The van der Waals surface area contributed by atoms with E-state index in [0.29, 0.717) is 13.0 Å². The van der Waals surface area contributed by atoms with E-state index in [1.165, 1.54) is 11.9 Å². The van der Waals surface area contributed by atoms with Gasteiger partial charge in [-0.3, -0.25) is 0 Å². The highest BCUT2D eigenvalue weighted by molar-refractivity contribution is 5.28.